The first kappa shape index (κ1) is 16.2. The van der Waals surface area contributed by atoms with Crippen molar-refractivity contribution in [2.45, 2.75) is 33.2 Å². The van der Waals surface area contributed by atoms with Gasteiger partial charge in [0.2, 0.25) is 0 Å². The molecular formula is C14H23N5S2. The number of aryl methyl sites for hydroxylation is 1. The van der Waals surface area contributed by atoms with Crippen LogP contribution in [0.15, 0.2) is 5.38 Å². The maximum atomic E-state index is 5.99. The highest BCUT2D eigenvalue weighted by molar-refractivity contribution is 7.15. The Hall–Kier alpha value is -1.18. The summed E-state index contributed by atoms with van der Waals surface area (Å²) in [7, 11) is 2.15. The summed E-state index contributed by atoms with van der Waals surface area (Å²) in [5, 5.41) is 7.45. The molecule has 0 aliphatic heterocycles. The number of aromatic nitrogens is 2. The van der Waals surface area contributed by atoms with E-state index >= 15 is 0 Å². The first-order valence-electron chi connectivity index (χ1n) is 7.10. The maximum Gasteiger partial charge on any atom is 0.149 e. The molecular weight excluding hydrogens is 302 g/mol. The lowest BCUT2D eigenvalue weighted by atomic mass is 10.3. The quantitative estimate of drug-likeness (QED) is 0.765. The van der Waals surface area contributed by atoms with E-state index in [1.165, 1.54) is 11.5 Å². The topological polar surface area (TPSA) is 67.1 Å². The van der Waals surface area contributed by atoms with Gasteiger partial charge in [0, 0.05) is 23.7 Å². The molecule has 116 valence electrons. The highest BCUT2D eigenvalue weighted by Gasteiger charge is 2.16. The van der Waals surface area contributed by atoms with Crippen molar-refractivity contribution in [2.24, 2.45) is 0 Å². The number of hydrogen-bond acceptors (Lipinski definition) is 7. The summed E-state index contributed by atoms with van der Waals surface area (Å²) in [6, 6.07) is 0.581. The van der Waals surface area contributed by atoms with E-state index in [0.29, 0.717) is 11.9 Å². The van der Waals surface area contributed by atoms with Crippen LogP contribution >= 0.6 is 22.9 Å². The van der Waals surface area contributed by atoms with Crippen LogP contribution in [0, 0.1) is 6.92 Å². The summed E-state index contributed by atoms with van der Waals surface area (Å²) < 4.78 is 4.26. The normalized spacial score (nSPS) is 11.5. The van der Waals surface area contributed by atoms with Crippen LogP contribution in [-0.2, 0) is 0 Å². The Morgan fingerprint density at radius 2 is 2.19 bits per heavy atom. The van der Waals surface area contributed by atoms with Gasteiger partial charge in [-0.05, 0) is 52.3 Å². The Morgan fingerprint density at radius 3 is 2.81 bits per heavy atom. The molecule has 5 nitrogen and oxygen atoms in total. The molecule has 0 bridgehead atoms. The molecule has 0 amide bonds. The second kappa shape index (κ2) is 7.20. The highest BCUT2D eigenvalue weighted by Crippen LogP contribution is 2.38. The van der Waals surface area contributed by atoms with Gasteiger partial charge in [-0.25, -0.2) is 4.98 Å². The fourth-order valence-corrected chi connectivity index (χ4v) is 3.55. The first-order valence-corrected chi connectivity index (χ1v) is 8.76. The minimum atomic E-state index is 0.566. The molecule has 0 aliphatic carbocycles. The van der Waals surface area contributed by atoms with Crippen LogP contribution in [0.2, 0.25) is 0 Å². The second-order valence-corrected chi connectivity index (χ2v) is 7.05. The van der Waals surface area contributed by atoms with Gasteiger partial charge < -0.3 is 16.0 Å². The Kier molecular flexibility index (Phi) is 5.55. The smallest absolute Gasteiger partial charge is 0.149 e. The van der Waals surface area contributed by atoms with Gasteiger partial charge in [-0.3, -0.25) is 0 Å². The van der Waals surface area contributed by atoms with Crippen LogP contribution in [0.5, 0.6) is 0 Å². The number of nitrogens with one attached hydrogen (secondary N) is 1. The molecule has 0 atom stereocenters. The van der Waals surface area contributed by atoms with E-state index in [0.717, 1.165) is 40.8 Å². The molecule has 2 heterocycles. The van der Waals surface area contributed by atoms with Crippen LogP contribution in [0.4, 0.5) is 10.8 Å². The summed E-state index contributed by atoms with van der Waals surface area (Å²) in [5.41, 5.74) is 7.97. The molecule has 2 aromatic heterocycles. The van der Waals surface area contributed by atoms with E-state index in [1.807, 2.05) is 12.3 Å². The second-order valence-electron chi connectivity index (χ2n) is 5.42. The lowest BCUT2D eigenvalue weighted by Gasteiger charge is -2.20. The first-order chi connectivity index (χ1) is 9.99. The van der Waals surface area contributed by atoms with E-state index in [9.17, 15) is 0 Å². The van der Waals surface area contributed by atoms with Crippen molar-refractivity contribution >= 4 is 33.7 Å². The molecule has 21 heavy (non-hydrogen) atoms. The third-order valence-corrected chi connectivity index (χ3v) is 5.20. The monoisotopic (exact) mass is 325 g/mol. The standard InChI is InChI=1S/C14H23N5S2/c1-9(2)19(4)7-5-6-16-13-11(12(15)18-21-13)14-17-10(3)8-20-14/h8-9,16H,5-7H2,1-4H3,(H2,15,18). The van der Waals surface area contributed by atoms with Crippen LogP contribution in [-0.4, -0.2) is 40.4 Å². The number of nitrogen functional groups attached to an aromatic ring is 1. The molecule has 0 aromatic carbocycles. The number of nitrogens with zero attached hydrogens (tertiary/aromatic N) is 3. The summed E-state index contributed by atoms with van der Waals surface area (Å²) in [5.74, 6) is 0.566. The zero-order valence-electron chi connectivity index (χ0n) is 13.0. The van der Waals surface area contributed by atoms with Gasteiger partial charge in [0.15, 0.2) is 0 Å². The third-order valence-electron chi connectivity index (χ3n) is 3.41. The molecule has 0 spiro atoms. The molecule has 0 aliphatic rings. The van der Waals surface area contributed by atoms with Crippen LogP contribution in [0.1, 0.15) is 26.0 Å². The average molecular weight is 326 g/mol. The number of hydrogen-bond donors (Lipinski definition) is 2. The predicted molar refractivity (Wildman–Crippen MR) is 93.2 cm³/mol. The van der Waals surface area contributed by atoms with E-state index < -0.39 is 0 Å². The maximum absolute atomic E-state index is 5.99. The van der Waals surface area contributed by atoms with Crippen molar-refractivity contribution in [3.05, 3.63) is 11.1 Å². The Bertz CT molecular complexity index is 576. The van der Waals surface area contributed by atoms with E-state index in [-0.39, 0.29) is 0 Å². The Morgan fingerprint density at radius 1 is 1.43 bits per heavy atom. The van der Waals surface area contributed by atoms with Gasteiger partial charge in [0.05, 0.1) is 5.56 Å². The minimum absolute atomic E-state index is 0.566. The number of nitrogens with two attached hydrogens (primary N) is 1. The van der Waals surface area contributed by atoms with E-state index in [1.54, 1.807) is 11.3 Å². The van der Waals surface area contributed by atoms with Gasteiger partial charge in [-0.2, -0.15) is 4.37 Å². The molecule has 0 unspecified atom stereocenters. The van der Waals surface area contributed by atoms with Gasteiger partial charge in [-0.1, -0.05) is 0 Å². The zero-order valence-corrected chi connectivity index (χ0v) is 14.6. The third kappa shape index (κ3) is 4.15. The molecule has 2 aromatic rings. The number of thiazole rings is 1. The average Bonchev–Trinajstić information content (AvgIpc) is 3.00. The number of rotatable bonds is 7. The van der Waals surface area contributed by atoms with Crippen molar-refractivity contribution in [1.82, 2.24) is 14.3 Å². The van der Waals surface area contributed by atoms with Crippen molar-refractivity contribution in [3.63, 3.8) is 0 Å². The van der Waals surface area contributed by atoms with Crippen molar-refractivity contribution in [1.29, 1.82) is 0 Å². The molecule has 2 rings (SSSR count). The molecule has 0 radical (unpaired) electrons. The summed E-state index contributed by atoms with van der Waals surface area (Å²) >= 11 is 3.02. The predicted octanol–water partition coefficient (Wildman–Crippen LogP) is 3.30. The Balaban J connectivity index is 1.96. The van der Waals surface area contributed by atoms with Gasteiger partial charge >= 0.3 is 0 Å². The minimum Gasteiger partial charge on any atom is -0.382 e. The van der Waals surface area contributed by atoms with Crippen LogP contribution in [0.25, 0.3) is 10.6 Å². The summed E-state index contributed by atoms with van der Waals surface area (Å²) in [4.78, 5) is 6.85. The summed E-state index contributed by atoms with van der Waals surface area (Å²) in [6.07, 6.45) is 1.09. The molecule has 3 N–H and O–H groups in total. The lowest BCUT2D eigenvalue weighted by Crippen LogP contribution is -2.28. The molecule has 0 fully saturated rings. The molecule has 7 heteroatoms. The van der Waals surface area contributed by atoms with Gasteiger partial charge in [0.1, 0.15) is 15.8 Å². The largest absolute Gasteiger partial charge is 0.382 e. The lowest BCUT2D eigenvalue weighted by molar-refractivity contribution is 0.273. The van der Waals surface area contributed by atoms with Crippen molar-refractivity contribution in [3.8, 4) is 10.6 Å². The fourth-order valence-electron chi connectivity index (χ4n) is 1.89. The Labute approximate surface area is 134 Å². The molecule has 0 saturated carbocycles. The van der Waals surface area contributed by atoms with Crippen molar-refractivity contribution < 1.29 is 0 Å². The van der Waals surface area contributed by atoms with Crippen LogP contribution < -0.4 is 11.1 Å². The fraction of sp³-hybridized carbons (Fsp3) is 0.571. The zero-order chi connectivity index (χ0) is 15.4. The highest BCUT2D eigenvalue weighted by atomic mass is 32.1. The number of anilines is 2. The molecule has 0 saturated heterocycles. The summed E-state index contributed by atoms with van der Waals surface area (Å²) in [6.45, 7) is 8.39. The van der Waals surface area contributed by atoms with Gasteiger partial charge in [-0.15, -0.1) is 11.3 Å². The van der Waals surface area contributed by atoms with Crippen LogP contribution in [0.3, 0.4) is 0 Å². The SMILES string of the molecule is Cc1csc(-c2c(N)nsc2NCCCN(C)C(C)C)n1. The van der Waals surface area contributed by atoms with E-state index in [4.69, 9.17) is 5.73 Å². The van der Waals surface area contributed by atoms with Crippen molar-refractivity contribution in [2.75, 3.05) is 31.2 Å². The van der Waals surface area contributed by atoms with Gasteiger partial charge in [0.25, 0.3) is 0 Å². The van der Waals surface area contributed by atoms with E-state index in [2.05, 4.69) is 40.5 Å².